The Morgan fingerprint density at radius 3 is 2.55 bits per heavy atom. The predicted molar refractivity (Wildman–Crippen MR) is 33.0 cm³/mol. The van der Waals surface area contributed by atoms with Gasteiger partial charge in [-0.25, -0.2) is 4.98 Å². The molecule has 5 heteroatoms. The van der Waals surface area contributed by atoms with Crippen LogP contribution in [0.2, 0.25) is 0 Å². The largest absolute Gasteiger partial charge is 1.00 e. The van der Waals surface area contributed by atoms with Crippen molar-refractivity contribution in [3.63, 3.8) is 0 Å². The zero-order valence-electron chi connectivity index (χ0n) is 6.07. The Hall–Kier alpha value is 0.0564. The average molecular weight is 176 g/mol. The molecule has 0 radical (unpaired) electrons. The van der Waals surface area contributed by atoms with Crippen LogP contribution >= 0.6 is 0 Å². The van der Waals surface area contributed by atoms with Crippen LogP contribution in [0.3, 0.4) is 0 Å². The summed E-state index contributed by atoms with van der Waals surface area (Å²) >= 11 is 0. The fourth-order valence-electron chi connectivity index (χ4n) is 0.565. The van der Waals surface area contributed by atoms with Gasteiger partial charge >= 0.3 is 51.4 Å². The van der Waals surface area contributed by atoms with Crippen LogP contribution in [0.5, 0.6) is 0 Å². The molecule has 0 saturated carbocycles. The molecule has 0 aromatic carbocycles. The van der Waals surface area contributed by atoms with Crippen molar-refractivity contribution < 1.29 is 61.3 Å². The van der Waals surface area contributed by atoms with Gasteiger partial charge in [-0.05, 0) is 12.1 Å². The van der Waals surface area contributed by atoms with Crippen molar-refractivity contribution in [1.82, 2.24) is 4.98 Å². The first kappa shape index (κ1) is 11.1. The van der Waals surface area contributed by atoms with E-state index in [4.69, 9.17) is 5.73 Å². The summed E-state index contributed by atoms with van der Waals surface area (Å²) in [5.74, 6) is -1.13. The van der Waals surface area contributed by atoms with E-state index in [1.54, 1.807) is 0 Å². The van der Waals surface area contributed by atoms with Crippen LogP contribution < -0.4 is 62.2 Å². The number of anilines is 1. The Balaban J connectivity index is 0.000001000. The summed E-state index contributed by atoms with van der Waals surface area (Å²) in [6.45, 7) is 0. The molecule has 4 nitrogen and oxygen atoms in total. The molecule has 2 N–H and O–H groups in total. The molecule has 0 saturated heterocycles. The van der Waals surface area contributed by atoms with Crippen LogP contribution in [0.15, 0.2) is 18.2 Å². The van der Waals surface area contributed by atoms with Crippen molar-refractivity contribution in [3.05, 3.63) is 23.9 Å². The molecule has 1 aromatic rings. The summed E-state index contributed by atoms with van der Waals surface area (Å²) in [5.41, 5.74) is 5.06. The van der Waals surface area contributed by atoms with Gasteiger partial charge in [-0.1, -0.05) is 6.07 Å². The zero-order chi connectivity index (χ0) is 7.56. The summed E-state index contributed by atoms with van der Waals surface area (Å²) in [4.78, 5) is 13.6. The van der Waals surface area contributed by atoms with Crippen LogP contribution in [0.25, 0.3) is 0 Å². The van der Waals surface area contributed by atoms with Crippen LogP contribution in [0.4, 0.5) is 5.82 Å². The van der Waals surface area contributed by atoms with Crippen molar-refractivity contribution in [2.45, 2.75) is 0 Å². The first-order valence-electron chi connectivity index (χ1n) is 2.64. The Morgan fingerprint density at radius 2 is 2.18 bits per heavy atom. The fraction of sp³-hybridized carbons (Fsp3) is 0. The van der Waals surface area contributed by atoms with Crippen LogP contribution in [0.1, 0.15) is 10.5 Å². The molecule has 11 heavy (non-hydrogen) atoms. The Labute approximate surface area is 106 Å². The maximum Gasteiger partial charge on any atom is 1.00 e. The number of hydrogen-bond acceptors (Lipinski definition) is 4. The van der Waals surface area contributed by atoms with Crippen molar-refractivity contribution in [2.24, 2.45) is 0 Å². The topological polar surface area (TPSA) is 79.0 Å². The third-order valence-electron chi connectivity index (χ3n) is 0.980. The second kappa shape index (κ2) is 4.84. The molecule has 1 aromatic heterocycles. The van der Waals surface area contributed by atoms with E-state index in [-0.39, 0.29) is 62.9 Å². The molecule has 1 rings (SSSR count). The molecule has 0 aliphatic rings. The number of pyridine rings is 1. The smallest absolute Gasteiger partial charge is 0.543 e. The van der Waals surface area contributed by atoms with Gasteiger partial charge < -0.3 is 15.6 Å². The van der Waals surface area contributed by atoms with Gasteiger partial charge in [0, 0.05) is 0 Å². The van der Waals surface area contributed by atoms with Gasteiger partial charge in [-0.2, -0.15) is 0 Å². The molecule has 0 unspecified atom stereocenters. The summed E-state index contributed by atoms with van der Waals surface area (Å²) in [5, 5.41) is 10.1. The number of aromatic carboxylic acids is 1. The molecule has 1 heterocycles. The van der Waals surface area contributed by atoms with Gasteiger partial charge in [0.2, 0.25) is 0 Å². The van der Waals surface area contributed by atoms with Crippen molar-refractivity contribution >= 4 is 11.8 Å². The number of nitrogen functional groups attached to an aromatic ring is 1. The Bertz CT molecular complexity index is 265. The second-order valence-corrected chi connectivity index (χ2v) is 1.74. The second-order valence-electron chi connectivity index (χ2n) is 1.74. The summed E-state index contributed by atoms with van der Waals surface area (Å²) in [7, 11) is 0. The van der Waals surface area contributed by atoms with Gasteiger partial charge in [-0.3, -0.25) is 0 Å². The number of hydrogen-bond donors (Lipinski definition) is 1. The Kier molecular flexibility index (Phi) is 4.86. The molecule has 0 amide bonds. The van der Waals surface area contributed by atoms with Gasteiger partial charge in [0.15, 0.2) is 0 Å². The molecule has 0 aliphatic carbocycles. The number of carbonyl (C=O) groups is 1. The molecule has 0 bridgehead atoms. The van der Waals surface area contributed by atoms with E-state index in [0.717, 1.165) is 0 Å². The molecule has 0 atom stereocenters. The molecule has 52 valence electrons. The monoisotopic (exact) mass is 176 g/mol. The van der Waals surface area contributed by atoms with Gasteiger partial charge in [0.05, 0.1) is 11.7 Å². The predicted octanol–water partition coefficient (Wildman–Crippen LogP) is -3.97. The Morgan fingerprint density at radius 1 is 1.55 bits per heavy atom. The third-order valence-corrected chi connectivity index (χ3v) is 0.980. The third kappa shape index (κ3) is 3.30. The number of carboxylic acids is 1. The normalized spacial score (nSPS) is 8.36. The van der Waals surface area contributed by atoms with E-state index in [1.807, 2.05) is 0 Å². The SMILES string of the molecule is Nc1cccc(C(=O)[O-])n1.[K+]. The maximum absolute atomic E-state index is 10.1. The van der Waals surface area contributed by atoms with E-state index in [1.165, 1.54) is 18.2 Å². The first-order chi connectivity index (χ1) is 4.70. The minimum atomic E-state index is -1.31. The van der Waals surface area contributed by atoms with Crippen LogP contribution in [-0.4, -0.2) is 11.0 Å². The van der Waals surface area contributed by atoms with Gasteiger partial charge in [-0.15, -0.1) is 0 Å². The van der Waals surface area contributed by atoms with Crippen molar-refractivity contribution in [1.29, 1.82) is 0 Å². The molecule has 0 aliphatic heterocycles. The number of rotatable bonds is 1. The fourth-order valence-corrected chi connectivity index (χ4v) is 0.565. The number of nitrogens with two attached hydrogens (primary N) is 1. The molecular weight excluding hydrogens is 171 g/mol. The zero-order valence-corrected chi connectivity index (χ0v) is 9.20. The van der Waals surface area contributed by atoms with E-state index in [9.17, 15) is 9.90 Å². The quantitative estimate of drug-likeness (QED) is 0.443. The van der Waals surface area contributed by atoms with Crippen LogP contribution in [0, 0.1) is 0 Å². The number of nitrogens with zero attached hydrogens (tertiary/aromatic N) is 1. The van der Waals surface area contributed by atoms with Crippen LogP contribution in [-0.2, 0) is 0 Å². The maximum atomic E-state index is 10.1. The number of carboxylic acid groups (broad SMARTS) is 1. The van der Waals surface area contributed by atoms with E-state index >= 15 is 0 Å². The number of carbonyl (C=O) groups excluding carboxylic acids is 1. The minimum Gasteiger partial charge on any atom is -0.543 e. The molecule has 0 fully saturated rings. The summed E-state index contributed by atoms with van der Waals surface area (Å²) < 4.78 is 0. The molecule has 0 spiro atoms. The summed E-state index contributed by atoms with van der Waals surface area (Å²) in [6, 6.07) is 4.34. The van der Waals surface area contributed by atoms with Crippen molar-refractivity contribution in [2.75, 3.05) is 5.73 Å². The van der Waals surface area contributed by atoms with Gasteiger partial charge in [0.25, 0.3) is 0 Å². The van der Waals surface area contributed by atoms with E-state index < -0.39 is 5.97 Å². The van der Waals surface area contributed by atoms with Gasteiger partial charge in [0.1, 0.15) is 5.82 Å². The molecular formula is C6H5KN2O2. The number of aromatic nitrogens is 1. The first-order valence-corrected chi connectivity index (χ1v) is 2.64. The standard InChI is InChI=1S/C6H6N2O2.K/c7-5-3-1-2-4(8-5)6(9)10;/h1-3H,(H2,7,8)(H,9,10);/q;+1/p-1. The average Bonchev–Trinajstić information content (AvgIpc) is 1.88. The van der Waals surface area contributed by atoms with E-state index in [2.05, 4.69) is 4.98 Å². The van der Waals surface area contributed by atoms with E-state index in [0.29, 0.717) is 0 Å². The summed E-state index contributed by atoms with van der Waals surface area (Å²) in [6.07, 6.45) is 0. The van der Waals surface area contributed by atoms with Crippen molar-refractivity contribution in [3.8, 4) is 0 Å². The minimum absolute atomic E-state index is 0.